The van der Waals surface area contributed by atoms with Gasteiger partial charge in [-0.25, -0.2) is 0 Å². The Balaban J connectivity index is 2.15. The molecule has 0 atom stereocenters. The zero-order chi connectivity index (χ0) is 10.1. The highest BCUT2D eigenvalue weighted by molar-refractivity contribution is 5.46. The molecule has 0 amide bonds. The third kappa shape index (κ3) is 4.86. The van der Waals surface area contributed by atoms with Crippen molar-refractivity contribution in [1.82, 2.24) is 0 Å². The summed E-state index contributed by atoms with van der Waals surface area (Å²) < 4.78 is 0. The highest BCUT2D eigenvalue weighted by Gasteiger charge is 1.85. The van der Waals surface area contributed by atoms with Crippen LogP contribution in [-0.4, -0.2) is 0 Å². The Morgan fingerprint density at radius 1 is 1.07 bits per heavy atom. The third-order valence-corrected chi connectivity index (χ3v) is 2.24. The molecule has 0 aliphatic carbocycles. The number of benzene rings is 1. The first kappa shape index (κ1) is 11.0. The summed E-state index contributed by atoms with van der Waals surface area (Å²) >= 11 is 0. The topological polar surface area (TPSA) is 0 Å². The lowest BCUT2D eigenvalue weighted by Gasteiger charge is -1.94. The minimum atomic E-state index is 1.09. The van der Waals surface area contributed by atoms with E-state index in [0.29, 0.717) is 0 Å². The second-order valence-electron chi connectivity index (χ2n) is 3.57. The van der Waals surface area contributed by atoms with Crippen LogP contribution in [0.4, 0.5) is 0 Å². The van der Waals surface area contributed by atoms with Gasteiger partial charge in [0.15, 0.2) is 0 Å². The molecule has 1 aromatic rings. The van der Waals surface area contributed by atoms with Crippen molar-refractivity contribution in [1.29, 1.82) is 0 Å². The van der Waals surface area contributed by atoms with E-state index in [2.05, 4.69) is 43.3 Å². The Hall–Kier alpha value is -1.04. The third-order valence-electron chi connectivity index (χ3n) is 2.24. The molecular formula is C14H19. The molecule has 1 radical (unpaired) electrons. The summed E-state index contributed by atoms with van der Waals surface area (Å²) in [6.45, 7) is 2.24. The fourth-order valence-electron chi connectivity index (χ4n) is 1.39. The summed E-state index contributed by atoms with van der Waals surface area (Å²) in [5, 5.41) is 0. The van der Waals surface area contributed by atoms with Gasteiger partial charge in [-0.2, -0.15) is 0 Å². The Kier molecular flexibility index (Phi) is 5.81. The molecule has 1 aromatic carbocycles. The zero-order valence-corrected chi connectivity index (χ0v) is 9.00. The Labute approximate surface area is 87.7 Å². The summed E-state index contributed by atoms with van der Waals surface area (Å²) in [5.74, 6) is 0. The molecule has 1 rings (SSSR count). The van der Waals surface area contributed by atoms with Crippen molar-refractivity contribution in [2.45, 2.75) is 39.0 Å². The van der Waals surface area contributed by atoms with Gasteiger partial charge in [-0.1, -0.05) is 62.6 Å². The summed E-state index contributed by atoms with van der Waals surface area (Å²) in [7, 11) is 0. The van der Waals surface area contributed by atoms with E-state index >= 15 is 0 Å². The first-order valence-corrected chi connectivity index (χ1v) is 5.55. The maximum Gasteiger partial charge on any atom is -0.0254 e. The summed E-state index contributed by atoms with van der Waals surface area (Å²) in [6.07, 6.45) is 11.8. The van der Waals surface area contributed by atoms with Crippen LogP contribution in [0.5, 0.6) is 0 Å². The van der Waals surface area contributed by atoms with Gasteiger partial charge in [0, 0.05) is 0 Å². The quantitative estimate of drug-likeness (QED) is 0.576. The highest BCUT2D eigenvalue weighted by Crippen LogP contribution is 2.05. The molecule has 0 saturated carbocycles. The van der Waals surface area contributed by atoms with Gasteiger partial charge < -0.3 is 0 Å². The van der Waals surface area contributed by atoms with Gasteiger partial charge >= 0.3 is 0 Å². The summed E-state index contributed by atoms with van der Waals surface area (Å²) in [6, 6.07) is 10.4. The monoisotopic (exact) mass is 187 g/mol. The average Bonchev–Trinajstić information content (AvgIpc) is 2.25. The van der Waals surface area contributed by atoms with Crippen molar-refractivity contribution < 1.29 is 0 Å². The number of hydrogen-bond donors (Lipinski definition) is 0. The van der Waals surface area contributed by atoms with Crippen LogP contribution in [0.1, 0.15) is 44.6 Å². The van der Waals surface area contributed by atoms with E-state index in [4.69, 9.17) is 0 Å². The highest BCUT2D eigenvalue weighted by atomic mass is 13.9. The van der Waals surface area contributed by atoms with Crippen LogP contribution < -0.4 is 0 Å². The van der Waals surface area contributed by atoms with Gasteiger partial charge in [-0.05, 0) is 24.5 Å². The lowest BCUT2D eigenvalue weighted by Crippen LogP contribution is -1.74. The summed E-state index contributed by atoms with van der Waals surface area (Å²) in [4.78, 5) is 0. The van der Waals surface area contributed by atoms with Crippen LogP contribution in [0, 0.1) is 6.08 Å². The van der Waals surface area contributed by atoms with Crippen LogP contribution in [0.25, 0.3) is 6.08 Å². The van der Waals surface area contributed by atoms with Crippen LogP contribution >= 0.6 is 0 Å². The van der Waals surface area contributed by atoms with Crippen molar-refractivity contribution in [3.63, 3.8) is 0 Å². The molecule has 0 N–H and O–H groups in total. The largest absolute Gasteiger partial charge is 0.0654 e. The average molecular weight is 187 g/mol. The molecule has 0 nitrogen and oxygen atoms in total. The number of rotatable bonds is 6. The van der Waals surface area contributed by atoms with Crippen LogP contribution in [-0.2, 0) is 0 Å². The normalized spacial score (nSPS) is 10.9. The fraction of sp³-hybridized carbons (Fsp3) is 0.429. The Bertz CT molecular complexity index is 246. The predicted molar refractivity (Wildman–Crippen MR) is 62.9 cm³/mol. The lowest BCUT2D eigenvalue weighted by atomic mass is 10.1. The first-order chi connectivity index (χ1) is 6.93. The van der Waals surface area contributed by atoms with Gasteiger partial charge in [-0.15, -0.1) is 0 Å². The second-order valence-corrected chi connectivity index (χ2v) is 3.57. The molecular weight excluding hydrogens is 168 g/mol. The van der Waals surface area contributed by atoms with Gasteiger partial charge in [0.2, 0.25) is 0 Å². The molecule has 0 aliphatic heterocycles. The van der Waals surface area contributed by atoms with Crippen molar-refractivity contribution in [2.24, 2.45) is 0 Å². The van der Waals surface area contributed by atoms with Crippen LogP contribution in [0.3, 0.4) is 0 Å². The smallest absolute Gasteiger partial charge is 0.0254 e. The standard InChI is InChI=1S/C14H19/c1-2-3-4-5-6-8-11-14-12-9-7-10-13-14/h7,9-13H,2-6H2,1H3. The number of unbranched alkanes of at least 4 members (excludes halogenated alkanes) is 4. The first-order valence-electron chi connectivity index (χ1n) is 5.55. The second kappa shape index (κ2) is 7.37. The van der Waals surface area contributed by atoms with Crippen molar-refractivity contribution in [3.05, 3.63) is 42.0 Å². The van der Waals surface area contributed by atoms with E-state index in [-0.39, 0.29) is 0 Å². The molecule has 0 saturated heterocycles. The Morgan fingerprint density at radius 3 is 2.57 bits per heavy atom. The molecule has 0 bridgehead atoms. The SMILES string of the molecule is CCCCCC/[C]=C/c1ccccc1. The van der Waals surface area contributed by atoms with E-state index in [1.165, 1.54) is 31.2 Å². The minimum Gasteiger partial charge on any atom is -0.0654 e. The van der Waals surface area contributed by atoms with E-state index in [1.54, 1.807) is 0 Å². The molecule has 0 unspecified atom stereocenters. The molecule has 0 heteroatoms. The molecule has 0 spiro atoms. The van der Waals surface area contributed by atoms with Crippen LogP contribution in [0.15, 0.2) is 30.3 Å². The van der Waals surface area contributed by atoms with E-state index < -0.39 is 0 Å². The summed E-state index contributed by atoms with van der Waals surface area (Å²) in [5.41, 5.74) is 1.25. The number of hydrogen-bond acceptors (Lipinski definition) is 0. The molecule has 0 aromatic heterocycles. The molecule has 0 fully saturated rings. The Morgan fingerprint density at radius 2 is 1.86 bits per heavy atom. The van der Waals surface area contributed by atoms with E-state index in [1.807, 2.05) is 6.07 Å². The van der Waals surface area contributed by atoms with E-state index in [9.17, 15) is 0 Å². The van der Waals surface area contributed by atoms with Gasteiger partial charge in [0.1, 0.15) is 0 Å². The van der Waals surface area contributed by atoms with Crippen molar-refractivity contribution >= 4 is 6.08 Å². The fourth-order valence-corrected chi connectivity index (χ4v) is 1.39. The maximum absolute atomic E-state index is 3.34. The maximum atomic E-state index is 3.34. The number of allylic oxidation sites excluding steroid dienone is 1. The molecule has 0 aliphatic rings. The van der Waals surface area contributed by atoms with Gasteiger partial charge in [0.05, 0.1) is 0 Å². The molecule has 75 valence electrons. The molecule has 14 heavy (non-hydrogen) atoms. The zero-order valence-electron chi connectivity index (χ0n) is 9.00. The van der Waals surface area contributed by atoms with E-state index in [0.717, 1.165) is 6.42 Å². The minimum absolute atomic E-state index is 1.09. The van der Waals surface area contributed by atoms with Crippen LogP contribution in [0.2, 0.25) is 0 Å². The van der Waals surface area contributed by atoms with Crippen molar-refractivity contribution in [3.8, 4) is 0 Å². The van der Waals surface area contributed by atoms with Gasteiger partial charge in [-0.3, -0.25) is 0 Å². The van der Waals surface area contributed by atoms with Gasteiger partial charge in [0.25, 0.3) is 0 Å². The molecule has 0 heterocycles. The lowest BCUT2D eigenvalue weighted by molar-refractivity contribution is 0.671. The van der Waals surface area contributed by atoms with Crippen molar-refractivity contribution in [2.75, 3.05) is 0 Å². The predicted octanol–water partition coefficient (Wildman–Crippen LogP) is 4.47.